The molecular formula is C17H31ClO4. The van der Waals surface area contributed by atoms with Gasteiger partial charge in [-0.05, 0) is 19.8 Å². The van der Waals surface area contributed by atoms with E-state index in [2.05, 4.69) is 0 Å². The molecule has 0 fully saturated rings. The third-order valence-electron chi connectivity index (χ3n) is 3.45. The SMILES string of the molecule is CCOC(=O)[C@@H](Cl)CCCCCCCCCCCOC(C)=O. The Morgan fingerprint density at radius 3 is 1.86 bits per heavy atom. The summed E-state index contributed by atoms with van der Waals surface area (Å²) in [6.45, 7) is 4.18. The van der Waals surface area contributed by atoms with E-state index in [1.165, 1.54) is 39.0 Å². The van der Waals surface area contributed by atoms with Gasteiger partial charge < -0.3 is 9.47 Å². The molecule has 0 N–H and O–H groups in total. The molecule has 0 saturated carbocycles. The number of hydrogen-bond acceptors (Lipinski definition) is 4. The lowest BCUT2D eigenvalue weighted by molar-refractivity contribution is -0.143. The number of hydrogen-bond donors (Lipinski definition) is 0. The first-order chi connectivity index (χ1) is 10.6. The first-order valence-electron chi connectivity index (χ1n) is 8.52. The number of carbonyl (C=O) groups is 2. The normalized spacial score (nSPS) is 12.0. The Bertz CT molecular complexity index is 294. The van der Waals surface area contributed by atoms with Crippen LogP contribution in [0, 0.1) is 0 Å². The number of ether oxygens (including phenoxy) is 2. The van der Waals surface area contributed by atoms with Crippen LogP contribution in [-0.2, 0) is 19.1 Å². The van der Waals surface area contributed by atoms with Gasteiger partial charge in [-0.25, -0.2) is 0 Å². The minimum Gasteiger partial charge on any atom is -0.466 e. The Labute approximate surface area is 139 Å². The van der Waals surface area contributed by atoms with Gasteiger partial charge in [-0.1, -0.05) is 51.4 Å². The van der Waals surface area contributed by atoms with Gasteiger partial charge >= 0.3 is 11.9 Å². The van der Waals surface area contributed by atoms with Crippen LogP contribution in [0.4, 0.5) is 0 Å². The van der Waals surface area contributed by atoms with Crippen molar-refractivity contribution >= 4 is 23.5 Å². The van der Waals surface area contributed by atoms with E-state index in [0.717, 1.165) is 25.7 Å². The summed E-state index contributed by atoms with van der Waals surface area (Å²) in [5, 5.41) is -0.489. The fraction of sp³-hybridized carbons (Fsp3) is 0.882. The van der Waals surface area contributed by atoms with Gasteiger partial charge in [-0.15, -0.1) is 11.6 Å². The molecule has 0 aliphatic heterocycles. The third kappa shape index (κ3) is 14.2. The lowest BCUT2D eigenvalue weighted by Gasteiger charge is -2.08. The Hall–Kier alpha value is -0.770. The lowest BCUT2D eigenvalue weighted by atomic mass is 10.1. The van der Waals surface area contributed by atoms with Gasteiger partial charge in [0, 0.05) is 6.92 Å². The van der Waals surface area contributed by atoms with Gasteiger partial charge in [0.25, 0.3) is 0 Å². The van der Waals surface area contributed by atoms with Crippen LogP contribution in [-0.4, -0.2) is 30.5 Å². The highest BCUT2D eigenvalue weighted by molar-refractivity contribution is 6.29. The Kier molecular flexibility index (Phi) is 14.6. The van der Waals surface area contributed by atoms with Gasteiger partial charge in [0.15, 0.2) is 0 Å². The number of alkyl halides is 1. The minimum absolute atomic E-state index is 0.192. The molecule has 4 nitrogen and oxygen atoms in total. The highest BCUT2D eigenvalue weighted by Crippen LogP contribution is 2.14. The van der Waals surface area contributed by atoms with E-state index in [-0.39, 0.29) is 11.9 Å². The second kappa shape index (κ2) is 15.1. The predicted octanol–water partition coefficient (Wildman–Crippen LogP) is 4.62. The molecule has 1 atom stereocenters. The average Bonchev–Trinajstić information content (AvgIpc) is 2.48. The summed E-state index contributed by atoms with van der Waals surface area (Å²) in [5.41, 5.74) is 0. The van der Waals surface area contributed by atoms with Crippen molar-refractivity contribution in [2.45, 2.75) is 83.4 Å². The molecule has 0 heterocycles. The van der Waals surface area contributed by atoms with Crippen LogP contribution in [0.5, 0.6) is 0 Å². The standard InChI is InChI=1S/C17H31ClO4/c1-3-21-17(20)16(18)13-11-9-7-5-4-6-8-10-12-14-22-15(2)19/h16H,3-14H2,1-2H3/t16-/m0/s1. The van der Waals surface area contributed by atoms with Crippen molar-refractivity contribution in [3.8, 4) is 0 Å². The van der Waals surface area contributed by atoms with Crippen molar-refractivity contribution in [1.82, 2.24) is 0 Å². The summed E-state index contributed by atoms with van der Waals surface area (Å²) in [7, 11) is 0. The molecule has 0 spiro atoms. The fourth-order valence-corrected chi connectivity index (χ4v) is 2.45. The molecule has 0 bridgehead atoms. The number of halogens is 1. The molecule has 5 heteroatoms. The molecule has 0 aliphatic carbocycles. The van der Waals surface area contributed by atoms with E-state index in [4.69, 9.17) is 21.1 Å². The number of carbonyl (C=O) groups excluding carboxylic acids is 2. The van der Waals surface area contributed by atoms with Gasteiger partial charge in [-0.2, -0.15) is 0 Å². The Morgan fingerprint density at radius 1 is 0.864 bits per heavy atom. The summed E-state index contributed by atoms with van der Waals surface area (Å²) in [6, 6.07) is 0. The van der Waals surface area contributed by atoms with Crippen molar-refractivity contribution < 1.29 is 19.1 Å². The average molecular weight is 335 g/mol. The molecule has 0 aliphatic rings. The largest absolute Gasteiger partial charge is 0.466 e. The van der Waals surface area contributed by atoms with Crippen LogP contribution in [0.3, 0.4) is 0 Å². The molecular weight excluding hydrogens is 304 g/mol. The quantitative estimate of drug-likeness (QED) is 0.264. The fourth-order valence-electron chi connectivity index (χ4n) is 2.23. The number of rotatable bonds is 14. The zero-order valence-corrected chi connectivity index (χ0v) is 14.8. The van der Waals surface area contributed by atoms with Crippen LogP contribution in [0.25, 0.3) is 0 Å². The van der Waals surface area contributed by atoms with Crippen LogP contribution >= 0.6 is 11.6 Å². The molecule has 130 valence electrons. The highest BCUT2D eigenvalue weighted by atomic mass is 35.5. The summed E-state index contributed by atoms with van der Waals surface area (Å²) in [4.78, 5) is 21.9. The molecule has 22 heavy (non-hydrogen) atoms. The Morgan fingerprint density at radius 2 is 1.36 bits per heavy atom. The van der Waals surface area contributed by atoms with E-state index in [0.29, 0.717) is 19.6 Å². The summed E-state index contributed by atoms with van der Waals surface area (Å²) in [5.74, 6) is -0.486. The first-order valence-corrected chi connectivity index (χ1v) is 8.95. The van der Waals surface area contributed by atoms with E-state index < -0.39 is 5.38 Å². The van der Waals surface area contributed by atoms with E-state index in [9.17, 15) is 9.59 Å². The summed E-state index contributed by atoms with van der Waals surface area (Å²) >= 11 is 5.95. The van der Waals surface area contributed by atoms with Gasteiger partial charge in [0.05, 0.1) is 13.2 Å². The second-order valence-corrected chi connectivity index (χ2v) is 6.06. The van der Waals surface area contributed by atoms with Crippen molar-refractivity contribution in [2.75, 3.05) is 13.2 Å². The summed E-state index contributed by atoms with van der Waals surface area (Å²) < 4.78 is 9.75. The first kappa shape index (κ1) is 21.2. The van der Waals surface area contributed by atoms with Crippen molar-refractivity contribution in [3.05, 3.63) is 0 Å². The maximum atomic E-state index is 11.3. The van der Waals surface area contributed by atoms with E-state index in [1.807, 2.05) is 0 Å². The molecule has 0 aromatic carbocycles. The van der Waals surface area contributed by atoms with Gasteiger partial charge in [0.1, 0.15) is 5.38 Å². The topological polar surface area (TPSA) is 52.6 Å². The number of esters is 2. The van der Waals surface area contributed by atoms with E-state index in [1.54, 1.807) is 6.92 Å². The smallest absolute Gasteiger partial charge is 0.324 e. The van der Waals surface area contributed by atoms with Crippen LogP contribution < -0.4 is 0 Å². The molecule has 0 rings (SSSR count). The third-order valence-corrected chi connectivity index (χ3v) is 3.85. The maximum absolute atomic E-state index is 11.3. The van der Waals surface area contributed by atoms with Crippen molar-refractivity contribution in [1.29, 1.82) is 0 Å². The Balaban J connectivity index is 3.20. The zero-order valence-electron chi connectivity index (χ0n) is 14.1. The van der Waals surface area contributed by atoms with Crippen molar-refractivity contribution in [3.63, 3.8) is 0 Å². The highest BCUT2D eigenvalue weighted by Gasteiger charge is 2.15. The number of unbranched alkanes of at least 4 members (excludes halogenated alkanes) is 8. The van der Waals surface area contributed by atoms with Crippen LogP contribution in [0.15, 0.2) is 0 Å². The van der Waals surface area contributed by atoms with Gasteiger partial charge in [0.2, 0.25) is 0 Å². The van der Waals surface area contributed by atoms with Gasteiger partial charge in [-0.3, -0.25) is 9.59 Å². The minimum atomic E-state index is -0.489. The molecule has 0 aromatic rings. The molecule has 0 radical (unpaired) electrons. The molecule has 0 unspecified atom stereocenters. The maximum Gasteiger partial charge on any atom is 0.324 e. The monoisotopic (exact) mass is 334 g/mol. The van der Waals surface area contributed by atoms with Crippen LogP contribution in [0.2, 0.25) is 0 Å². The predicted molar refractivity (Wildman–Crippen MR) is 89.1 cm³/mol. The molecule has 0 aromatic heterocycles. The van der Waals surface area contributed by atoms with E-state index >= 15 is 0 Å². The van der Waals surface area contributed by atoms with Crippen LogP contribution in [0.1, 0.15) is 78.1 Å². The zero-order chi connectivity index (χ0) is 16.6. The molecule has 0 amide bonds. The second-order valence-electron chi connectivity index (χ2n) is 5.53. The van der Waals surface area contributed by atoms with Crippen molar-refractivity contribution in [2.24, 2.45) is 0 Å². The lowest BCUT2D eigenvalue weighted by Crippen LogP contribution is -2.17. The summed E-state index contributed by atoms with van der Waals surface area (Å²) in [6.07, 6.45) is 11.0. The molecule has 0 saturated heterocycles.